The molecule has 2 heterocycles. The second-order valence-corrected chi connectivity index (χ2v) is 5.04. The van der Waals surface area contributed by atoms with E-state index in [1.807, 2.05) is 4.90 Å². The lowest BCUT2D eigenvalue weighted by Gasteiger charge is -2.31. The first kappa shape index (κ1) is 13.5. The molecule has 0 atom stereocenters. The SMILES string of the molecule is COc1nc(N2CCC(C(F)F)CC2)ncc1Br. The number of rotatable bonds is 3. The summed E-state index contributed by atoms with van der Waals surface area (Å²) in [6.07, 6.45) is 0.326. The smallest absolute Gasteiger partial charge is 0.241 e. The van der Waals surface area contributed by atoms with Crippen LogP contribution in [0, 0.1) is 5.92 Å². The Morgan fingerprint density at radius 3 is 2.67 bits per heavy atom. The maximum atomic E-state index is 12.5. The Kier molecular flexibility index (Phi) is 4.31. The van der Waals surface area contributed by atoms with Crippen molar-refractivity contribution < 1.29 is 13.5 Å². The second-order valence-electron chi connectivity index (χ2n) is 4.19. The molecule has 0 N–H and O–H groups in total. The van der Waals surface area contributed by atoms with Gasteiger partial charge in [-0.2, -0.15) is 4.98 Å². The molecule has 1 aromatic heterocycles. The van der Waals surface area contributed by atoms with Crippen molar-refractivity contribution in [3.63, 3.8) is 0 Å². The van der Waals surface area contributed by atoms with Gasteiger partial charge < -0.3 is 9.64 Å². The van der Waals surface area contributed by atoms with E-state index >= 15 is 0 Å². The largest absolute Gasteiger partial charge is 0.480 e. The number of nitrogens with zero attached hydrogens (tertiary/aromatic N) is 3. The van der Waals surface area contributed by atoms with Crippen molar-refractivity contribution in [2.45, 2.75) is 19.3 Å². The van der Waals surface area contributed by atoms with Gasteiger partial charge >= 0.3 is 0 Å². The molecular weight excluding hydrogens is 308 g/mol. The summed E-state index contributed by atoms with van der Waals surface area (Å²) >= 11 is 3.28. The molecule has 1 aliphatic heterocycles. The molecular formula is C11H14BrF2N3O. The van der Waals surface area contributed by atoms with Crippen LogP contribution in [0.2, 0.25) is 0 Å². The van der Waals surface area contributed by atoms with Crippen LogP contribution in [0.3, 0.4) is 0 Å². The quantitative estimate of drug-likeness (QED) is 0.858. The fourth-order valence-electron chi connectivity index (χ4n) is 1.99. The molecule has 0 aliphatic carbocycles. The van der Waals surface area contributed by atoms with Gasteiger partial charge in [-0.25, -0.2) is 13.8 Å². The predicted molar refractivity (Wildman–Crippen MR) is 67.2 cm³/mol. The van der Waals surface area contributed by atoms with Crippen molar-refractivity contribution in [3.05, 3.63) is 10.7 Å². The number of methoxy groups -OCH3 is 1. The molecule has 4 nitrogen and oxygen atoms in total. The molecule has 1 fully saturated rings. The molecule has 0 unspecified atom stereocenters. The van der Waals surface area contributed by atoms with E-state index in [0.717, 1.165) is 0 Å². The number of halogens is 3. The molecule has 2 rings (SSSR count). The van der Waals surface area contributed by atoms with Gasteiger partial charge in [-0.3, -0.25) is 0 Å². The summed E-state index contributed by atoms with van der Waals surface area (Å²) in [5.74, 6) is 0.484. The van der Waals surface area contributed by atoms with Crippen molar-refractivity contribution >= 4 is 21.9 Å². The molecule has 1 saturated heterocycles. The number of anilines is 1. The summed E-state index contributed by atoms with van der Waals surface area (Å²) in [5, 5.41) is 0. The average Bonchev–Trinajstić information content (AvgIpc) is 2.39. The molecule has 0 bridgehead atoms. The van der Waals surface area contributed by atoms with Crippen LogP contribution in [0.1, 0.15) is 12.8 Å². The minimum atomic E-state index is -2.23. The fourth-order valence-corrected chi connectivity index (χ4v) is 2.34. The topological polar surface area (TPSA) is 38.2 Å². The molecule has 1 aromatic rings. The number of hydrogen-bond donors (Lipinski definition) is 0. The number of aromatic nitrogens is 2. The highest BCUT2D eigenvalue weighted by Gasteiger charge is 2.27. The van der Waals surface area contributed by atoms with Gasteiger partial charge in [-0.1, -0.05) is 0 Å². The molecule has 100 valence electrons. The zero-order valence-corrected chi connectivity index (χ0v) is 11.5. The number of alkyl halides is 2. The monoisotopic (exact) mass is 321 g/mol. The van der Waals surface area contributed by atoms with Gasteiger partial charge in [-0.05, 0) is 28.8 Å². The van der Waals surface area contributed by atoms with Crippen LogP contribution in [0.4, 0.5) is 14.7 Å². The van der Waals surface area contributed by atoms with E-state index in [4.69, 9.17) is 4.74 Å². The summed E-state index contributed by atoms with van der Waals surface area (Å²) in [4.78, 5) is 10.3. The molecule has 0 aromatic carbocycles. The highest BCUT2D eigenvalue weighted by Crippen LogP contribution is 2.28. The Labute approximate surface area is 112 Å². The van der Waals surface area contributed by atoms with Gasteiger partial charge in [0.2, 0.25) is 18.3 Å². The highest BCUT2D eigenvalue weighted by molar-refractivity contribution is 9.10. The van der Waals surface area contributed by atoms with E-state index in [1.54, 1.807) is 6.20 Å². The Balaban J connectivity index is 2.05. The Hall–Kier alpha value is -0.980. The third kappa shape index (κ3) is 2.88. The maximum Gasteiger partial charge on any atom is 0.241 e. The lowest BCUT2D eigenvalue weighted by atomic mass is 9.98. The van der Waals surface area contributed by atoms with Gasteiger partial charge in [0.25, 0.3) is 0 Å². The maximum absolute atomic E-state index is 12.5. The van der Waals surface area contributed by atoms with Crippen molar-refractivity contribution in [1.82, 2.24) is 9.97 Å². The third-order valence-electron chi connectivity index (χ3n) is 3.07. The highest BCUT2D eigenvalue weighted by atomic mass is 79.9. The molecule has 1 aliphatic rings. The zero-order chi connectivity index (χ0) is 13.1. The van der Waals surface area contributed by atoms with Crippen LogP contribution >= 0.6 is 15.9 Å². The molecule has 0 saturated carbocycles. The van der Waals surface area contributed by atoms with E-state index in [0.29, 0.717) is 42.2 Å². The lowest BCUT2D eigenvalue weighted by molar-refractivity contribution is 0.0634. The first-order valence-electron chi connectivity index (χ1n) is 5.71. The van der Waals surface area contributed by atoms with Crippen molar-refractivity contribution in [2.75, 3.05) is 25.1 Å². The first-order valence-corrected chi connectivity index (χ1v) is 6.50. The van der Waals surface area contributed by atoms with Crippen LogP contribution in [0.5, 0.6) is 5.88 Å². The van der Waals surface area contributed by atoms with Crippen molar-refractivity contribution in [2.24, 2.45) is 5.92 Å². The van der Waals surface area contributed by atoms with Crippen LogP contribution in [0.15, 0.2) is 10.7 Å². The standard InChI is InChI=1S/C11H14BrF2N3O/c1-18-10-8(12)6-15-11(16-10)17-4-2-7(3-5-17)9(13)14/h6-7,9H,2-5H2,1H3. The summed E-state index contributed by atoms with van der Waals surface area (Å²) in [6.45, 7) is 1.11. The Morgan fingerprint density at radius 2 is 2.11 bits per heavy atom. The summed E-state index contributed by atoms with van der Waals surface area (Å²) in [5.41, 5.74) is 0. The van der Waals surface area contributed by atoms with Crippen LogP contribution in [-0.2, 0) is 0 Å². The van der Waals surface area contributed by atoms with Crippen molar-refractivity contribution in [3.8, 4) is 5.88 Å². The average molecular weight is 322 g/mol. The Morgan fingerprint density at radius 1 is 1.44 bits per heavy atom. The number of hydrogen-bond acceptors (Lipinski definition) is 4. The van der Waals surface area contributed by atoms with Gasteiger partial charge in [0.1, 0.15) is 0 Å². The zero-order valence-electron chi connectivity index (χ0n) is 9.94. The number of ether oxygens (including phenoxy) is 1. The summed E-state index contributed by atoms with van der Waals surface area (Å²) in [7, 11) is 1.53. The van der Waals surface area contributed by atoms with E-state index in [-0.39, 0.29) is 0 Å². The van der Waals surface area contributed by atoms with Gasteiger partial charge in [0, 0.05) is 19.0 Å². The van der Waals surface area contributed by atoms with Gasteiger partial charge in [0.05, 0.1) is 17.8 Å². The van der Waals surface area contributed by atoms with Crippen LogP contribution in [0.25, 0.3) is 0 Å². The summed E-state index contributed by atoms with van der Waals surface area (Å²) < 4.78 is 30.9. The van der Waals surface area contributed by atoms with E-state index in [2.05, 4.69) is 25.9 Å². The first-order chi connectivity index (χ1) is 8.61. The van der Waals surface area contributed by atoms with Gasteiger partial charge in [-0.15, -0.1) is 0 Å². The fraction of sp³-hybridized carbons (Fsp3) is 0.636. The molecule has 0 spiro atoms. The normalized spacial score (nSPS) is 17.3. The number of piperidine rings is 1. The minimum absolute atomic E-state index is 0.455. The van der Waals surface area contributed by atoms with Crippen molar-refractivity contribution in [1.29, 1.82) is 0 Å². The van der Waals surface area contributed by atoms with E-state index < -0.39 is 12.3 Å². The molecule has 7 heteroatoms. The van der Waals surface area contributed by atoms with E-state index in [1.165, 1.54) is 7.11 Å². The molecule has 0 amide bonds. The van der Waals surface area contributed by atoms with Gasteiger partial charge in [0.15, 0.2) is 0 Å². The second kappa shape index (κ2) is 5.77. The minimum Gasteiger partial charge on any atom is -0.480 e. The predicted octanol–water partition coefficient (Wildman–Crippen LogP) is 2.73. The van der Waals surface area contributed by atoms with Crippen LogP contribution in [-0.4, -0.2) is 36.6 Å². The van der Waals surface area contributed by atoms with Crippen LogP contribution < -0.4 is 9.64 Å². The summed E-state index contributed by atoms with van der Waals surface area (Å²) in [6, 6.07) is 0. The molecule has 0 radical (unpaired) electrons. The van der Waals surface area contributed by atoms with E-state index in [9.17, 15) is 8.78 Å². The third-order valence-corrected chi connectivity index (χ3v) is 3.62. The molecule has 18 heavy (non-hydrogen) atoms. The Bertz CT molecular complexity index is 411. The lowest BCUT2D eigenvalue weighted by Crippen LogP contribution is -2.36.